The summed E-state index contributed by atoms with van der Waals surface area (Å²) >= 11 is 0. The van der Waals surface area contributed by atoms with E-state index in [1.807, 2.05) is 18.2 Å². The van der Waals surface area contributed by atoms with Crippen molar-refractivity contribution in [3.05, 3.63) is 53.1 Å². The van der Waals surface area contributed by atoms with Crippen LogP contribution in [-0.2, 0) is 13.0 Å². The average molecular weight is 310 g/mol. The van der Waals surface area contributed by atoms with Gasteiger partial charge in [-0.1, -0.05) is 12.1 Å². The molecule has 5 nitrogen and oxygen atoms in total. The second-order valence-corrected chi connectivity index (χ2v) is 5.69. The van der Waals surface area contributed by atoms with E-state index in [0.717, 1.165) is 25.2 Å². The number of rotatable bonds is 2. The topological polar surface area (TPSA) is 59.6 Å². The number of hydrogen-bond donors (Lipinski definition) is 2. The van der Waals surface area contributed by atoms with Gasteiger partial charge in [-0.05, 0) is 48.4 Å². The number of anilines is 1. The van der Waals surface area contributed by atoms with Crippen LogP contribution >= 0.6 is 0 Å². The van der Waals surface area contributed by atoms with Crippen LogP contribution < -0.4 is 20.1 Å². The van der Waals surface area contributed by atoms with Crippen molar-refractivity contribution in [2.24, 2.45) is 0 Å². The minimum Gasteiger partial charge on any atom is -0.486 e. The molecule has 2 aliphatic heterocycles. The van der Waals surface area contributed by atoms with Crippen molar-refractivity contribution in [3.8, 4) is 11.5 Å². The molecule has 2 aromatic carbocycles. The highest BCUT2D eigenvalue weighted by molar-refractivity contribution is 6.06. The highest BCUT2D eigenvalue weighted by atomic mass is 16.6. The molecule has 0 atom stereocenters. The molecular weight excluding hydrogens is 292 g/mol. The van der Waals surface area contributed by atoms with Gasteiger partial charge in [0.25, 0.3) is 5.91 Å². The van der Waals surface area contributed by atoms with Crippen LogP contribution in [0, 0.1) is 0 Å². The maximum absolute atomic E-state index is 12.6. The summed E-state index contributed by atoms with van der Waals surface area (Å²) < 4.78 is 11.1. The first-order valence-corrected chi connectivity index (χ1v) is 7.84. The maximum atomic E-state index is 12.6. The Labute approximate surface area is 134 Å². The van der Waals surface area contributed by atoms with Gasteiger partial charge in [-0.3, -0.25) is 4.79 Å². The van der Waals surface area contributed by atoms with E-state index in [2.05, 4.69) is 16.7 Å². The molecule has 2 aliphatic rings. The number of benzene rings is 2. The molecule has 0 saturated carbocycles. The fraction of sp³-hybridized carbons (Fsp3) is 0.278. The predicted molar refractivity (Wildman–Crippen MR) is 87.2 cm³/mol. The van der Waals surface area contributed by atoms with Crippen LogP contribution in [0.1, 0.15) is 21.5 Å². The zero-order valence-corrected chi connectivity index (χ0v) is 12.7. The molecule has 4 rings (SSSR count). The van der Waals surface area contributed by atoms with E-state index < -0.39 is 0 Å². The first-order valence-electron chi connectivity index (χ1n) is 7.84. The zero-order valence-electron chi connectivity index (χ0n) is 12.7. The quantitative estimate of drug-likeness (QED) is 0.894. The number of nitrogens with one attached hydrogen (secondary N) is 2. The van der Waals surface area contributed by atoms with Crippen molar-refractivity contribution < 1.29 is 14.3 Å². The van der Waals surface area contributed by atoms with Crippen molar-refractivity contribution in [2.75, 3.05) is 25.1 Å². The van der Waals surface area contributed by atoms with Gasteiger partial charge in [-0.25, -0.2) is 0 Å². The Kier molecular flexibility index (Phi) is 3.63. The molecule has 0 aromatic heterocycles. The number of ether oxygens (including phenoxy) is 2. The summed E-state index contributed by atoms with van der Waals surface area (Å²) in [6.07, 6.45) is 1.03. The van der Waals surface area contributed by atoms with Gasteiger partial charge in [-0.15, -0.1) is 0 Å². The number of carbonyl (C=O) groups excluding carboxylic acids is 1. The monoisotopic (exact) mass is 310 g/mol. The smallest absolute Gasteiger partial charge is 0.259 e. The van der Waals surface area contributed by atoms with Crippen molar-refractivity contribution in [1.29, 1.82) is 0 Å². The molecule has 0 radical (unpaired) electrons. The number of hydrogen-bond acceptors (Lipinski definition) is 4. The van der Waals surface area contributed by atoms with Crippen LogP contribution in [0.2, 0.25) is 0 Å². The third-order valence-corrected chi connectivity index (χ3v) is 4.16. The Balaban J connectivity index is 1.59. The lowest BCUT2D eigenvalue weighted by molar-refractivity contribution is 0.101. The molecule has 0 aliphatic carbocycles. The predicted octanol–water partition coefficient (Wildman–Crippen LogP) is 2.36. The minimum atomic E-state index is -0.184. The molecule has 0 fully saturated rings. The Bertz CT molecular complexity index is 758. The van der Waals surface area contributed by atoms with Gasteiger partial charge in [-0.2, -0.15) is 0 Å². The second kappa shape index (κ2) is 5.93. The highest BCUT2D eigenvalue weighted by Crippen LogP contribution is 2.34. The van der Waals surface area contributed by atoms with Crippen LogP contribution in [0.4, 0.5) is 5.69 Å². The Hall–Kier alpha value is -2.53. The maximum Gasteiger partial charge on any atom is 0.259 e. The summed E-state index contributed by atoms with van der Waals surface area (Å²) in [6, 6.07) is 11.4. The van der Waals surface area contributed by atoms with Gasteiger partial charge in [0.2, 0.25) is 0 Å². The third kappa shape index (κ3) is 2.75. The summed E-state index contributed by atoms with van der Waals surface area (Å²) in [5.74, 6) is 0.963. The van der Waals surface area contributed by atoms with E-state index >= 15 is 0 Å². The fourth-order valence-electron chi connectivity index (χ4n) is 3.01. The number of carbonyl (C=O) groups is 1. The number of amides is 1. The van der Waals surface area contributed by atoms with Gasteiger partial charge in [0.15, 0.2) is 11.5 Å². The molecule has 0 spiro atoms. The van der Waals surface area contributed by atoms with Crippen molar-refractivity contribution >= 4 is 11.6 Å². The van der Waals surface area contributed by atoms with Crippen molar-refractivity contribution in [2.45, 2.75) is 13.0 Å². The van der Waals surface area contributed by atoms with Crippen molar-refractivity contribution in [3.63, 3.8) is 0 Å². The summed E-state index contributed by atoms with van der Waals surface area (Å²) in [5.41, 5.74) is 3.88. The molecule has 2 heterocycles. The van der Waals surface area contributed by atoms with E-state index in [1.54, 1.807) is 12.1 Å². The first kappa shape index (κ1) is 14.1. The second-order valence-electron chi connectivity index (χ2n) is 5.69. The standard InChI is InChI=1S/C18H18N2O3/c21-18(15-2-1-3-16-17(15)23-9-8-22-16)20-14-5-4-12-6-7-19-11-13(12)10-14/h1-5,10,19H,6-9,11H2,(H,20,21). The van der Waals surface area contributed by atoms with Crippen molar-refractivity contribution in [1.82, 2.24) is 5.32 Å². The highest BCUT2D eigenvalue weighted by Gasteiger charge is 2.20. The van der Waals surface area contributed by atoms with Gasteiger partial charge in [0.1, 0.15) is 13.2 Å². The zero-order chi connectivity index (χ0) is 15.6. The molecule has 0 unspecified atom stereocenters. The third-order valence-electron chi connectivity index (χ3n) is 4.16. The number of fused-ring (bicyclic) bond motifs is 2. The minimum absolute atomic E-state index is 0.184. The molecule has 2 N–H and O–H groups in total. The fourth-order valence-corrected chi connectivity index (χ4v) is 3.01. The molecule has 0 bridgehead atoms. The normalized spacial score (nSPS) is 15.7. The van der Waals surface area contributed by atoms with Gasteiger partial charge in [0, 0.05) is 12.2 Å². The lowest BCUT2D eigenvalue weighted by Crippen LogP contribution is -2.24. The van der Waals surface area contributed by atoms with Gasteiger partial charge >= 0.3 is 0 Å². The number of para-hydroxylation sites is 1. The van der Waals surface area contributed by atoms with Crippen LogP contribution in [0.5, 0.6) is 11.5 Å². The van der Waals surface area contributed by atoms with E-state index in [4.69, 9.17) is 9.47 Å². The Morgan fingerprint density at radius 1 is 1.09 bits per heavy atom. The van der Waals surface area contributed by atoms with Crippen LogP contribution in [-0.4, -0.2) is 25.7 Å². The first-order chi connectivity index (χ1) is 11.3. The molecule has 0 saturated heterocycles. The van der Waals surface area contributed by atoms with E-state index in [1.165, 1.54) is 11.1 Å². The molecule has 118 valence electrons. The van der Waals surface area contributed by atoms with Crippen LogP contribution in [0.15, 0.2) is 36.4 Å². The SMILES string of the molecule is O=C(Nc1ccc2c(c1)CNCC2)c1cccc2c1OCCO2. The Morgan fingerprint density at radius 2 is 2.00 bits per heavy atom. The van der Waals surface area contributed by atoms with Crippen LogP contribution in [0.3, 0.4) is 0 Å². The lowest BCUT2D eigenvalue weighted by Gasteiger charge is -2.21. The molecule has 5 heteroatoms. The summed E-state index contributed by atoms with van der Waals surface area (Å²) in [6.45, 7) is 2.82. The molecular formula is C18H18N2O3. The van der Waals surface area contributed by atoms with Gasteiger partial charge in [0.05, 0.1) is 5.56 Å². The molecule has 2 aromatic rings. The largest absolute Gasteiger partial charge is 0.486 e. The molecule has 1 amide bonds. The van der Waals surface area contributed by atoms with E-state index in [-0.39, 0.29) is 5.91 Å². The summed E-state index contributed by atoms with van der Waals surface area (Å²) in [7, 11) is 0. The van der Waals surface area contributed by atoms with Crippen LogP contribution in [0.25, 0.3) is 0 Å². The summed E-state index contributed by atoms with van der Waals surface area (Å²) in [5, 5.41) is 6.30. The summed E-state index contributed by atoms with van der Waals surface area (Å²) in [4.78, 5) is 12.6. The van der Waals surface area contributed by atoms with Gasteiger partial charge < -0.3 is 20.1 Å². The lowest BCUT2D eigenvalue weighted by atomic mass is 10.0. The van der Waals surface area contributed by atoms with E-state index in [0.29, 0.717) is 30.3 Å². The van der Waals surface area contributed by atoms with E-state index in [9.17, 15) is 4.79 Å². The molecule has 23 heavy (non-hydrogen) atoms. The Morgan fingerprint density at radius 3 is 2.96 bits per heavy atom. The average Bonchev–Trinajstić information content (AvgIpc) is 2.61.